The van der Waals surface area contributed by atoms with E-state index in [0.717, 1.165) is 34.5 Å². The maximum Gasteiger partial charge on any atom is 0.356 e. The summed E-state index contributed by atoms with van der Waals surface area (Å²) in [5.41, 5.74) is 2.48. The minimum Gasteiger partial charge on any atom is -0.464 e. The van der Waals surface area contributed by atoms with Crippen LogP contribution in [0.15, 0.2) is 52.6 Å². The second kappa shape index (κ2) is 8.26. The maximum atomic E-state index is 15.4. The van der Waals surface area contributed by atoms with E-state index in [-0.39, 0.29) is 10.7 Å². The summed E-state index contributed by atoms with van der Waals surface area (Å²) in [5, 5.41) is 5.86. The molecule has 1 aromatic carbocycles. The molecule has 1 saturated carbocycles. The third-order valence-corrected chi connectivity index (χ3v) is 6.86. The molecule has 3 aromatic heterocycles. The van der Waals surface area contributed by atoms with Gasteiger partial charge in [-0.25, -0.2) is 14.2 Å². The number of hydrogen-bond donors (Lipinski definition) is 0. The second-order valence-corrected chi connectivity index (χ2v) is 9.03. The molecule has 0 amide bonds. The van der Waals surface area contributed by atoms with Crippen LogP contribution >= 0.6 is 23.4 Å². The Labute approximate surface area is 193 Å². The largest absolute Gasteiger partial charge is 0.464 e. The van der Waals surface area contributed by atoms with Gasteiger partial charge in [0, 0.05) is 34.6 Å². The summed E-state index contributed by atoms with van der Waals surface area (Å²) in [4.78, 5) is 17.3. The van der Waals surface area contributed by atoms with Crippen LogP contribution in [-0.4, -0.2) is 32.4 Å². The molecule has 1 aliphatic rings. The first-order valence-corrected chi connectivity index (χ1v) is 11.5. The van der Waals surface area contributed by atoms with Gasteiger partial charge in [-0.15, -0.1) is 0 Å². The zero-order chi connectivity index (χ0) is 22.4. The number of halogens is 2. The van der Waals surface area contributed by atoms with E-state index < -0.39 is 11.8 Å². The lowest BCUT2D eigenvalue weighted by atomic mass is 10.2. The molecule has 32 heavy (non-hydrogen) atoms. The minimum atomic E-state index is -0.498. The first kappa shape index (κ1) is 21.0. The van der Waals surface area contributed by atoms with Gasteiger partial charge in [0.25, 0.3) is 0 Å². The molecule has 0 bridgehead atoms. The van der Waals surface area contributed by atoms with Crippen molar-refractivity contribution < 1.29 is 13.9 Å². The molecule has 0 radical (unpaired) electrons. The lowest BCUT2D eigenvalue weighted by Crippen LogP contribution is -2.04. The van der Waals surface area contributed by atoms with Gasteiger partial charge in [-0.1, -0.05) is 29.4 Å². The van der Waals surface area contributed by atoms with Crippen molar-refractivity contribution in [3.05, 3.63) is 65.0 Å². The SMILES string of the molecule is CCn1cc(-n2c(C3CC3)c(Sc3cccc(C(=O)OC)n3)c3ccc(Cl)c(F)c32)cn1. The summed E-state index contributed by atoms with van der Waals surface area (Å²) in [6.07, 6.45) is 5.71. The Hall–Kier alpha value is -2.84. The van der Waals surface area contributed by atoms with Crippen LogP contribution in [0.3, 0.4) is 0 Å². The highest BCUT2D eigenvalue weighted by Gasteiger charge is 2.34. The molecule has 0 unspecified atom stereocenters. The van der Waals surface area contributed by atoms with Crippen LogP contribution in [0.25, 0.3) is 16.6 Å². The zero-order valence-corrected chi connectivity index (χ0v) is 19.1. The first-order valence-electron chi connectivity index (χ1n) is 10.3. The van der Waals surface area contributed by atoms with Crippen LogP contribution < -0.4 is 0 Å². The molecule has 164 valence electrons. The molecule has 6 nitrogen and oxygen atoms in total. The Bertz CT molecular complexity index is 1350. The lowest BCUT2D eigenvalue weighted by molar-refractivity contribution is 0.0593. The van der Waals surface area contributed by atoms with Gasteiger partial charge in [-0.05, 0) is 44.0 Å². The summed E-state index contributed by atoms with van der Waals surface area (Å²) >= 11 is 7.61. The Morgan fingerprint density at radius 1 is 1.31 bits per heavy atom. The Morgan fingerprint density at radius 2 is 2.12 bits per heavy atom. The highest BCUT2D eigenvalue weighted by molar-refractivity contribution is 7.99. The number of rotatable bonds is 6. The Balaban J connectivity index is 1.74. The van der Waals surface area contributed by atoms with Gasteiger partial charge in [-0.3, -0.25) is 4.68 Å². The van der Waals surface area contributed by atoms with Gasteiger partial charge in [0.2, 0.25) is 0 Å². The summed E-state index contributed by atoms with van der Waals surface area (Å²) in [7, 11) is 1.33. The van der Waals surface area contributed by atoms with E-state index in [2.05, 4.69) is 10.1 Å². The molecule has 0 saturated heterocycles. The van der Waals surface area contributed by atoms with E-state index in [1.165, 1.54) is 18.9 Å². The van der Waals surface area contributed by atoms with Crippen molar-refractivity contribution in [2.75, 3.05) is 7.11 Å². The van der Waals surface area contributed by atoms with E-state index in [9.17, 15) is 4.79 Å². The summed E-state index contributed by atoms with van der Waals surface area (Å²) in [6, 6.07) is 8.64. The average molecular weight is 471 g/mol. The highest BCUT2D eigenvalue weighted by Crippen LogP contribution is 2.51. The van der Waals surface area contributed by atoms with Gasteiger partial charge in [0.05, 0.1) is 29.5 Å². The molecular weight excluding hydrogens is 451 g/mol. The fourth-order valence-electron chi connectivity index (χ4n) is 3.84. The van der Waals surface area contributed by atoms with Crippen LogP contribution in [0.1, 0.15) is 41.9 Å². The number of nitrogens with zero attached hydrogens (tertiary/aromatic N) is 4. The minimum absolute atomic E-state index is 0.0730. The maximum absolute atomic E-state index is 15.4. The number of aryl methyl sites for hydroxylation is 1. The average Bonchev–Trinajstić information content (AvgIpc) is 3.44. The van der Waals surface area contributed by atoms with Gasteiger partial charge in [0.1, 0.15) is 10.7 Å². The zero-order valence-electron chi connectivity index (χ0n) is 17.5. The van der Waals surface area contributed by atoms with Crippen molar-refractivity contribution in [1.82, 2.24) is 19.3 Å². The van der Waals surface area contributed by atoms with E-state index in [1.54, 1.807) is 24.4 Å². The summed E-state index contributed by atoms with van der Waals surface area (Å²) in [5.74, 6) is -0.655. The lowest BCUT2D eigenvalue weighted by Gasteiger charge is -2.10. The third-order valence-electron chi connectivity index (χ3n) is 5.50. The van der Waals surface area contributed by atoms with Crippen molar-refractivity contribution in [3.63, 3.8) is 0 Å². The number of methoxy groups -OCH3 is 1. The molecule has 0 atom stereocenters. The number of esters is 1. The number of hydrogen-bond acceptors (Lipinski definition) is 5. The van der Waals surface area contributed by atoms with E-state index in [1.807, 2.05) is 34.5 Å². The normalized spacial score (nSPS) is 13.6. The topological polar surface area (TPSA) is 61.9 Å². The van der Waals surface area contributed by atoms with Crippen molar-refractivity contribution in [2.24, 2.45) is 0 Å². The fraction of sp³-hybridized carbons (Fsp3) is 0.261. The standard InChI is InChI=1S/C23H20ClFN4O2S/c1-3-28-12-14(11-26-28)29-20(13-7-8-13)22(15-9-10-16(24)19(25)21(15)29)32-18-6-4-5-17(27-18)23(30)31-2/h4-6,9-13H,3,7-8H2,1-2H3. The molecule has 0 aliphatic heterocycles. The second-order valence-electron chi connectivity index (χ2n) is 7.59. The number of pyridine rings is 1. The monoisotopic (exact) mass is 470 g/mol. The van der Waals surface area contributed by atoms with E-state index in [4.69, 9.17) is 16.3 Å². The predicted molar refractivity (Wildman–Crippen MR) is 121 cm³/mol. The van der Waals surface area contributed by atoms with Crippen LogP contribution in [-0.2, 0) is 11.3 Å². The highest BCUT2D eigenvalue weighted by atomic mass is 35.5. The molecule has 9 heteroatoms. The number of benzene rings is 1. The predicted octanol–water partition coefficient (Wildman–Crippen LogP) is 5.85. The quantitative estimate of drug-likeness (QED) is 0.331. The van der Waals surface area contributed by atoms with Crippen molar-refractivity contribution in [1.29, 1.82) is 0 Å². The number of carbonyl (C=O) groups is 1. The molecule has 0 spiro atoms. The van der Waals surface area contributed by atoms with Gasteiger partial charge >= 0.3 is 5.97 Å². The molecule has 0 N–H and O–H groups in total. The van der Waals surface area contributed by atoms with Crippen molar-refractivity contribution in [2.45, 2.75) is 42.1 Å². The summed E-state index contributed by atoms with van der Waals surface area (Å²) in [6.45, 7) is 2.72. The molecule has 1 fully saturated rings. The van der Waals surface area contributed by atoms with Gasteiger partial charge < -0.3 is 9.30 Å². The Morgan fingerprint density at radius 3 is 2.81 bits per heavy atom. The fourth-order valence-corrected chi connectivity index (χ4v) is 5.13. The van der Waals surface area contributed by atoms with Gasteiger partial charge in [-0.2, -0.15) is 5.10 Å². The number of aromatic nitrogens is 4. The number of fused-ring (bicyclic) bond motifs is 1. The third kappa shape index (κ3) is 3.57. The van der Waals surface area contributed by atoms with Gasteiger partial charge in [0.15, 0.2) is 5.82 Å². The van der Waals surface area contributed by atoms with E-state index >= 15 is 4.39 Å². The number of ether oxygens (including phenoxy) is 1. The molecule has 1 aliphatic carbocycles. The molecule has 3 heterocycles. The molecule has 5 rings (SSSR count). The van der Waals surface area contributed by atoms with Crippen LogP contribution in [0.4, 0.5) is 4.39 Å². The van der Waals surface area contributed by atoms with Crippen LogP contribution in [0, 0.1) is 5.82 Å². The molecular formula is C23H20ClFN4O2S. The van der Waals surface area contributed by atoms with Crippen molar-refractivity contribution in [3.8, 4) is 5.69 Å². The number of carbonyl (C=O) groups excluding carboxylic acids is 1. The Kier molecular flexibility index (Phi) is 5.43. The first-order chi connectivity index (χ1) is 15.5. The van der Waals surface area contributed by atoms with Crippen molar-refractivity contribution >= 4 is 40.2 Å². The van der Waals surface area contributed by atoms with Crippen LogP contribution in [0.5, 0.6) is 0 Å². The summed E-state index contributed by atoms with van der Waals surface area (Å²) < 4.78 is 24.0. The molecule has 4 aromatic rings. The van der Waals surface area contributed by atoms with Crippen LogP contribution in [0.2, 0.25) is 5.02 Å². The smallest absolute Gasteiger partial charge is 0.356 e. The van der Waals surface area contributed by atoms with E-state index in [0.29, 0.717) is 23.0 Å².